The van der Waals surface area contributed by atoms with Crippen LogP contribution < -0.4 is 18.5 Å². The lowest BCUT2D eigenvalue weighted by atomic mass is 9.80. The minimum atomic E-state index is -4.84. The maximum absolute atomic E-state index is 15.8. The molecule has 1 amide bonds. The second-order valence-corrected chi connectivity index (χ2v) is 15.4. The highest BCUT2D eigenvalue weighted by Crippen LogP contribution is 2.38. The van der Waals surface area contributed by atoms with Crippen molar-refractivity contribution in [2.24, 2.45) is 5.92 Å². The van der Waals surface area contributed by atoms with E-state index in [-0.39, 0.29) is 36.0 Å². The van der Waals surface area contributed by atoms with Gasteiger partial charge in [0.2, 0.25) is 5.13 Å². The SMILES string of the molecule is COc1ccc(CN(c2ncns2)S(=O)(=O)c2cc(F)c(OC[C@H]3CN(C(=O)OC(C)(C)C)CC[C@@H]3c3cc(F)c(F)cc3F)cc2F)c(OC)c1. The Morgan fingerprint density at radius 1 is 0.942 bits per heavy atom. The first-order valence-corrected chi connectivity index (χ1v) is 18.0. The molecule has 2 atom stereocenters. The van der Waals surface area contributed by atoms with Gasteiger partial charge in [-0.15, -0.1) is 0 Å². The number of piperidine rings is 1. The number of aromatic nitrogens is 2. The number of anilines is 1. The van der Waals surface area contributed by atoms with E-state index in [1.807, 2.05) is 0 Å². The molecule has 18 heteroatoms. The van der Waals surface area contributed by atoms with Gasteiger partial charge in [-0.25, -0.2) is 44.5 Å². The molecule has 0 bridgehead atoms. The molecular weight excluding hydrogens is 736 g/mol. The van der Waals surface area contributed by atoms with E-state index in [1.54, 1.807) is 32.9 Å². The number of amides is 1. The van der Waals surface area contributed by atoms with Gasteiger partial charge in [-0.05, 0) is 56.9 Å². The maximum atomic E-state index is 15.8. The number of hydrogen-bond donors (Lipinski definition) is 0. The molecule has 3 aromatic carbocycles. The van der Waals surface area contributed by atoms with Crippen LogP contribution >= 0.6 is 11.5 Å². The first-order chi connectivity index (χ1) is 24.5. The Bertz CT molecular complexity index is 2030. The molecule has 0 saturated carbocycles. The summed E-state index contributed by atoms with van der Waals surface area (Å²) in [4.78, 5) is 17.1. The van der Waals surface area contributed by atoms with Crippen molar-refractivity contribution in [3.8, 4) is 17.2 Å². The van der Waals surface area contributed by atoms with E-state index in [4.69, 9.17) is 18.9 Å². The number of methoxy groups -OCH3 is 2. The van der Waals surface area contributed by atoms with Gasteiger partial charge in [-0.2, -0.15) is 4.37 Å². The molecule has 1 saturated heterocycles. The smallest absolute Gasteiger partial charge is 0.410 e. The maximum Gasteiger partial charge on any atom is 0.410 e. The van der Waals surface area contributed by atoms with Crippen LogP contribution in [0, 0.1) is 35.0 Å². The topological polar surface area (TPSA) is 120 Å². The summed E-state index contributed by atoms with van der Waals surface area (Å²) in [5.41, 5.74) is -0.682. The van der Waals surface area contributed by atoms with Crippen LogP contribution in [0.1, 0.15) is 44.2 Å². The molecule has 0 aliphatic carbocycles. The summed E-state index contributed by atoms with van der Waals surface area (Å²) in [5.74, 6) is -8.01. The van der Waals surface area contributed by atoms with Crippen LogP contribution in [-0.2, 0) is 21.3 Å². The van der Waals surface area contributed by atoms with Crippen LogP contribution in [0.4, 0.5) is 31.9 Å². The number of rotatable bonds is 11. The number of benzene rings is 3. The quantitative estimate of drug-likeness (QED) is 0.117. The average Bonchev–Trinajstić information content (AvgIpc) is 3.62. The number of hydrogen-bond acceptors (Lipinski definition) is 10. The van der Waals surface area contributed by atoms with Gasteiger partial charge in [0.15, 0.2) is 23.2 Å². The number of likely N-dealkylation sites (tertiary alicyclic amines) is 1. The fourth-order valence-electron chi connectivity index (χ4n) is 5.73. The van der Waals surface area contributed by atoms with Crippen molar-refractivity contribution in [3.05, 3.63) is 89.0 Å². The van der Waals surface area contributed by atoms with Crippen LogP contribution in [0.3, 0.4) is 0 Å². The summed E-state index contributed by atoms with van der Waals surface area (Å²) < 4.78 is 128. The van der Waals surface area contributed by atoms with Gasteiger partial charge in [0.1, 0.15) is 40.0 Å². The number of nitrogens with zero attached hydrogens (tertiary/aromatic N) is 4. The van der Waals surface area contributed by atoms with E-state index in [9.17, 15) is 26.4 Å². The molecule has 5 rings (SSSR count). The van der Waals surface area contributed by atoms with Crippen molar-refractivity contribution in [2.45, 2.75) is 50.2 Å². The van der Waals surface area contributed by atoms with Crippen molar-refractivity contribution in [1.82, 2.24) is 14.3 Å². The summed E-state index contributed by atoms with van der Waals surface area (Å²) in [5, 5.41) is -0.139. The Labute approximate surface area is 301 Å². The molecule has 52 heavy (non-hydrogen) atoms. The molecule has 4 aromatic rings. The summed E-state index contributed by atoms with van der Waals surface area (Å²) in [7, 11) is -2.03. The third kappa shape index (κ3) is 8.49. The lowest BCUT2D eigenvalue weighted by Gasteiger charge is -2.39. The first kappa shape index (κ1) is 38.5. The Morgan fingerprint density at radius 2 is 1.67 bits per heavy atom. The number of ether oxygens (including phenoxy) is 4. The van der Waals surface area contributed by atoms with E-state index in [0.717, 1.165) is 16.7 Å². The van der Waals surface area contributed by atoms with Crippen LogP contribution in [0.2, 0.25) is 0 Å². The highest BCUT2D eigenvalue weighted by Gasteiger charge is 2.37. The minimum Gasteiger partial charge on any atom is -0.497 e. The van der Waals surface area contributed by atoms with Crippen LogP contribution in [-0.4, -0.2) is 68.3 Å². The van der Waals surface area contributed by atoms with Gasteiger partial charge in [0.05, 0.1) is 27.4 Å². The third-order valence-corrected chi connectivity index (χ3v) is 10.8. The lowest BCUT2D eigenvalue weighted by molar-refractivity contribution is 0.0108. The zero-order valence-electron chi connectivity index (χ0n) is 28.7. The fraction of sp³-hybridized carbons (Fsp3) is 0.382. The largest absolute Gasteiger partial charge is 0.497 e. The van der Waals surface area contributed by atoms with Gasteiger partial charge in [-0.1, -0.05) is 0 Å². The molecule has 1 aliphatic rings. The predicted molar refractivity (Wildman–Crippen MR) is 180 cm³/mol. The Morgan fingerprint density at radius 3 is 2.33 bits per heavy atom. The van der Waals surface area contributed by atoms with Gasteiger partial charge >= 0.3 is 6.09 Å². The zero-order chi connectivity index (χ0) is 38.0. The molecule has 0 spiro atoms. The highest BCUT2D eigenvalue weighted by atomic mass is 32.2. The molecule has 0 N–H and O–H groups in total. The fourth-order valence-corrected chi connectivity index (χ4v) is 7.92. The minimum absolute atomic E-state index is 0.0670. The van der Waals surface area contributed by atoms with E-state index < -0.39 is 86.4 Å². The summed E-state index contributed by atoms with van der Waals surface area (Å²) >= 11 is 0.707. The molecular formula is C34H35F5N4O7S2. The van der Waals surface area contributed by atoms with E-state index >= 15 is 8.78 Å². The Kier molecular flexibility index (Phi) is 11.5. The molecule has 2 heterocycles. The molecule has 280 valence electrons. The normalized spacial score (nSPS) is 16.4. The number of halogens is 5. The van der Waals surface area contributed by atoms with Crippen molar-refractivity contribution < 1.29 is 54.1 Å². The second kappa shape index (κ2) is 15.5. The molecule has 1 aromatic heterocycles. The van der Waals surface area contributed by atoms with Gasteiger partial charge in [0, 0.05) is 60.4 Å². The summed E-state index contributed by atoms with van der Waals surface area (Å²) in [6.07, 6.45) is 0.487. The molecule has 0 radical (unpaired) electrons. The monoisotopic (exact) mass is 770 g/mol. The van der Waals surface area contributed by atoms with Gasteiger partial charge < -0.3 is 23.8 Å². The lowest BCUT2D eigenvalue weighted by Crippen LogP contribution is -2.47. The number of carbonyl (C=O) groups is 1. The average molecular weight is 771 g/mol. The first-order valence-electron chi connectivity index (χ1n) is 15.8. The third-order valence-electron chi connectivity index (χ3n) is 8.20. The second-order valence-electron chi connectivity index (χ2n) is 12.8. The van der Waals surface area contributed by atoms with Crippen LogP contribution in [0.25, 0.3) is 0 Å². The number of carbonyl (C=O) groups excluding carboxylic acids is 1. The van der Waals surface area contributed by atoms with Gasteiger partial charge in [-0.3, -0.25) is 0 Å². The van der Waals surface area contributed by atoms with Gasteiger partial charge in [0.25, 0.3) is 10.0 Å². The van der Waals surface area contributed by atoms with E-state index in [2.05, 4.69) is 9.36 Å². The van der Waals surface area contributed by atoms with Crippen molar-refractivity contribution >= 4 is 32.8 Å². The summed E-state index contributed by atoms with van der Waals surface area (Å²) in [6.45, 7) is 4.08. The van der Waals surface area contributed by atoms with E-state index in [0.29, 0.717) is 41.0 Å². The van der Waals surface area contributed by atoms with Crippen molar-refractivity contribution in [3.63, 3.8) is 0 Å². The van der Waals surface area contributed by atoms with Crippen LogP contribution in [0.5, 0.6) is 17.2 Å². The van der Waals surface area contributed by atoms with Crippen molar-refractivity contribution in [2.75, 3.05) is 38.2 Å². The Balaban J connectivity index is 1.44. The standard InChI is InChI=1S/C34H35F5N4O7S2/c1-34(2,3)50-33(44)42-9-8-22(23-11-25(36)26(37)12-24(23)35)20(15-42)17-49-30-13-28(39)31(14-27(30)38)52(45,46)43(32-40-18-41-51-32)16-19-6-7-21(47-4)10-29(19)48-5/h6-7,10-14,18,20,22H,8-9,15-17H2,1-5H3/t20-,22+/m1/s1. The summed E-state index contributed by atoms with van der Waals surface area (Å²) in [6, 6.07) is 6.78. The van der Waals surface area contributed by atoms with E-state index in [1.165, 1.54) is 25.2 Å². The predicted octanol–water partition coefficient (Wildman–Crippen LogP) is 7.07. The zero-order valence-corrected chi connectivity index (χ0v) is 30.3. The van der Waals surface area contributed by atoms with Crippen LogP contribution in [0.15, 0.2) is 53.7 Å². The van der Waals surface area contributed by atoms with Crippen molar-refractivity contribution in [1.29, 1.82) is 0 Å². The highest BCUT2D eigenvalue weighted by molar-refractivity contribution is 7.93. The molecule has 0 unspecified atom stereocenters. The molecule has 11 nitrogen and oxygen atoms in total. The molecule has 1 aliphatic heterocycles. The molecule has 1 fully saturated rings. The number of sulfonamides is 1. The Hall–Kier alpha value is -4.71.